The molecule has 3 aliphatic rings. The van der Waals surface area contributed by atoms with Crippen LogP contribution in [0.2, 0.25) is 0 Å². The molecule has 172 valence electrons. The van der Waals surface area contributed by atoms with Crippen molar-refractivity contribution in [2.75, 3.05) is 66.7 Å². The maximum Gasteiger partial charge on any atom is 0.322 e. The molecule has 1 aromatic carbocycles. The molecule has 3 amide bonds. The van der Waals surface area contributed by atoms with E-state index in [0.717, 1.165) is 25.3 Å². The van der Waals surface area contributed by atoms with E-state index in [2.05, 4.69) is 16.8 Å². The summed E-state index contributed by atoms with van der Waals surface area (Å²) in [4.78, 5) is 32.3. The van der Waals surface area contributed by atoms with E-state index in [0.29, 0.717) is 55.5 Å². The first kappa shape index (κ1) is 22.2. The highest BCUT2D eigenvalue weighted by molar-refractivity contribution is 6.01. The van der Waals surface area contributed by atoms with Gasteiger partial charge in [0.2, 0.25) is 0 Å². The molecule has 1 saturated heterocycles. The lowest BCUT2D eigenvalue weighted by Gasteiger charge is -2.33. The van der Waals surface area contributed by atoms with E-state index in [1.165, 1.54) is 0 Å². The molecule has 1 N–H and O–H groups in total. The van der Waals surface area contributed by atoms with Crippen LogP contribution in [-0.4, -0.2) is 93.3 Å². The van der Waals surface area contributed by atoms with Crippen LogP contribution in [-0.2, 0) is 9.53 Å². The van der Waals surface area contributed by atoms with Crippen LogP contribution in [0.1, 0.15) is 11.6 Å². The van der Waals surface area contributed by atoms with Crippen LogP contribution in [0.15, 0.2) is 42.1 Å². The van der Waals surface area contributed by atoms with Crippen molar-refractivity contribution >= 4 is 11.9 Å². The smallest absolute Gasteiger partial charge is 0.322 e. The molecule has 4 rings (SSSR count). The van der Waals surface area contributed by atoms with Crippen molar-refractivity contribution in [3.63, 3.8) is 0 Å². The molecule has 0 saturated carbocycles. The summed E-state index contributed by atoms with van der Waals surface area (Å²) in [6, 6.07) is 4.50. The zero-order valence-corrected chi connectivity index (χ0v) is 18.6. The molecule has 1 aromatic rings. The Labute approximate surface area is 188 Å². The molecule has 32 heavy (non-hydrogen) atoms. The van der Waals surface area contributed by atoms with Crippen LogP contribution in [0.5, 0.6) is 11.5 Å². The van der Waals surface area contributed by atoms with Crippen LogP contribution in [0, 0.1) is 0 Å². The fourth-order valence-electron chi connectivity index (χ4n) is 4.44. The summed E-state index contributed by atoms with van der Waals surface area (Å²) in [5, 5.41) is 2.99. The third-order valence-corrected chi connectivity index (χ3v) is 6.15. The van der Waals surface area contributed by atoms with Crippen molar-refractivity contribution < 1.29 is 23.8 Å². The Balaban J connectivity index is 1.65. The van der Waals surface area contributed by atoms with Gasteiger partial charge in [-0.25, -0.2) is 4.79 Å². The van der Waals surface area contributed by atoms with Gasteiger partial charge in [-0.05, 0) is 18.2 Å². The van der Waals surface area contributed by atoms with Crippen LogP contribution in [0.25, 0.3) is 0 Å². The number of amides is 3. The molecule has 0 spiro atoms. The van der Waals surface area contributed by atoms with Crippen molar-refractivity contribution in [1.29, 1.82) is 0 Å². The van der Waals surface area contributed by atoms with E-state index < -0.39 is 6.04 Å². The largest absolute Gasteiger partial charge is 0.497 e. The van der Waals surface area contributed by atoms with Crippen molar-refractivity contribution in [2.45, 2.75) is 6.04 Å². The molecule has 0 bridgehead atoms. The molecule has 9 heteroatoms. The van der Waals surface area contributed by atoms with Crippen LogP contribution >= 0.6 is 0 Å². The lowest BCUT2D eigenvalue weighted by molar-refractivity contribution is -0.126. The number of rotatable bonds is 8. The first-order valence-electron chi connectivity index (χ1n) is 10.8. The topological polar surface area (TPSA) is 83.6 Å². The van der Waals surface area contributed by atoms with Gasteiger partial charge in [0.15, 0.2) is 0 Å². The Kier molecular flexibility index (Phi) is 6.66. The summed E-state index contributed by atoms with van der Waals surface area (Å²) < 4.78 is 16.3. The van der Waals surface area contributed by atoms with Gasteiger partial charge in [0.05, 0.1) is 51.3 Å². The summed E-state index contributed by atoms with van der Waals surface area (Å²) in [5.74, 6) is 1.14. The number of ether oxygens (including phenoxy) is 3. The lowest BCUT2D eigenvalue weighted by Crippen LogP contribution is -2.47. The number of nitrogens with zero attached hydrogens (tertiary/aromatic N) is 3. The van der Waals surface area contributed by atoms with Gasteiger partial charge in [0, 0.05) is 38.3 Å². The molecular formula is C23H30N4O5. The number of carbonyl (C=O) groups excluding carboxylic acids is 2. The molecule has 1 fully saturated rings. The van der Waals surface area contributed by atoms with Gasteiger partial charge in [0.1, 0.15) is 11.5 Å². The lowest BCUT2D eigenvalue weighted by atomic mass is 9.94. The van der Waals surface area contributed by atoms with E-state index in [1.54, 1.807) is 43.4 Å². The summed E-state index contributed by atoms with van der Waals surface area (Å²) in [6.07, 6.45) is 1.66. The second-order valence-electron chi connectivity index (χ2n) is 7.93. The van der Waals surface area contributed by atoms with E-state index in [9.17, 15) is 9.59 Å². The van der Waals surface area contributed by atoms with Crippen molar-refractivity contribution in [3.05, 3.63) is 47.7 Å². The normalized spacial score (nSPS) is 21.5. The highest BCUT2D eigenvalue weighted by atomic mass is 16.5. The molecule has 3 heterocycles. The zero-order valence-electron chi connectivity index (χ0n) is 18.6. The zero-order chi connectivity index (χ0) is 22.7. The third-order valence-electron chi connectivity index (χ3n) is 6.15. The number of hydrogen-bond acceptors (Lipinski definition) is 6. The number of hydrogen-bond donors (Lipinski definition) is 1. The summed E-state index contributed by atoms with van der Waals surface area (Å²) in [6.45, 7) is 9.00. The van der Waals surface area contributed by atoms with E-state index in [4.69, 9.17) is 14.2 Å². The predicted molar refractivity (Wildman–Crippen MR) is 119 cm³/mol. The minimum absolute atomic E-state index is 0.0720. The van der Waals surface area contributed by atoms with E-state index >= 15 is 0 Å². The van der Waals surface area contributed by atoms with Gasteiger partial charge in [-0.1, -0.05) is 6.08 Å². The minimum atomic E-state index is -0.621. The molecular weight excluding hydrogens is 412 g/mol. The Morgan fingerprint density at radius 3 is 2.66 bits per heavy atom. The van der Waals surface area contributed by atoms with E-state index in [-0.39, 0.29) is 11.9 Å². The monoisotopic (exact) mass is 442 g/mol. The van der Waals surface area contributed by atoms with Crippen molar-refractivity contribution in [3.8, 4) is 11.5 Å². The number of morpholine rings is 1. The quantitative estimate of drug-likeness (QED) is 0.613. The fraction of sp³-hybridized carbons (Fsp3) is 0.478. The molecule has 0 aliphatic carbocycles. The highest BCUT2D eigenvalue weighted by Gasteiger charge is 2.44. The van der Waals surface area contributed by atoms with Gasteiger partial charge < -0.3 is 24.4 Å². The number of methoxy groups -OCH3 is 2. The Morgan fingerprint density at radius 2 is 1.97 bits per heavy atom. The molecule has 9 nitrogen and oxygen atoms in total. The third kappa shape index (κ3) is 4.18. The Bertz CT molecular complexity index is 925. The molecule has 3 aliphatic heterocycles. The van der Waals surface area contributed by atoms with Crippen LogP contribution in [0.4, 0.5) is 4.79 Å². The number of carbonyl (C=O) groups is 2. The Hall–Kier alpha value is -3.04. The van der Waals surface area contributed by atoms with E-state index in [1.807, 2.05) is 4.90 Å². The van der Waals surface area contributed by atoms with Gasteiger partial charge in [-0.3, -0.25) is 14.6 Å². The average molecular weight is 443 g/mol. The molecule has 0 radical (unpaired) electrons. The van der Waals surface area contributed by atoms with Gasteiger partial charge in [0.25, 0.3) is 5.91 Å². The molecule has 1 atom stereocenters. The average Bonchev–Trinajstić information content (AvgIpc) is 3.15. The second-order valence-corrected chi connectivity index (χ2v) is 7.93. The first-order valence-corrected chi connectivity index (χ1v) is 10.8. The molecule has 0 unspecified atom stereocenters. The fourth-order valence-corrected chi connectivity index (χ4v) is 4.44. The van der Waals surface area contributed by atoms with Crippen molar-refractivity contribution in [1.82, 2.24) is 20.0 Å². The van der Waals surface area contributed by atoms with Crippen LogP contribution in [0.3, 0.4) is 0 Å². The first-order chi connectivity index (χ1) is 15.6. The predicted octanol–water partition coefficient (Wildman–Crippen LogP) is 1.38. The van der Waals surface area contributed by atoms with Crippen molar-refractivity contribution in [2.24, 2.45) is 0 Å². The maximum absolute atomic E-state index is 13.6. The Morgan fingerprint density at radius 1 is 1.19 bits per heavy atom. The maximum atomic E-state index is 13.6. The number of nitrogens with one attached hydrogen (secondary N) is 1. The SMILES string of the molecule is C=CCN1C(=O)N[C@@H](c2cc(OC)ccc2OC)C2=C1CN(CCN1CCOCC1)C2=O. The van der Waals surface area contributed by atoms with Gasteiger partial charge >= 0.3 is 6.03 Å². The number of benzene rings is 1. The van der Waals surface area contributed by atoms with Crippen LogP contribution < -0.4 is 14.8 Å². The summed E-state index contributed by atoms with van der Waals surface area (Å²) in [5.41, 5.74) is 1.98. The number of urea groups is 1. The van der Waals surface area contributed by atoms with Gasteiger partial charge in [-0.2, -0.15) is 0 Å². The summed E-state index contributed by atoms with van der Waals surface area (Å²) in [7, 11) is 3.15. The summed E-state index contributed by atoms with van der Waals surface area (Å²) >= 11 is 0. The van der Waals surface area contributed by atoms with Gasteiger partial charge in [-0.15, -0.1) is 6.58 Å². The standard InChI is InChI=1S/C23H30N4O5/c1-4-7-27-18-15-26(9-8-25-10-12-32-13-11-25)22(28)20(18)21(24-23(27)29)17-14-16(30-2)5-6-19(17)31-3/h4-6,14,21H,1,7-13,15H2,2-3H3,(H,24,29)/t21-/m0/s1. The highest BCUT2D eigenvalue weighted by Crippen LogP contribution is 2.40. The second kappa shape index (κ2) is 9.62. The minimum Gasteiger partial charge on any atom is -0.497 e. The molecule has 0 aromatic heterocycles.